The van der Waals surface area contributed by atoms with Gasteiger partial charge >= 0.3 is 0 Å². The van der Waals surface area contributed by atoms with Crippen LogP contribution in [0.1, 0.15) is 11.4 Å². The van der Waals surface area contributed by atoms with Crippen LogP contribution in [-0.4, -0.2) is 66.4 Å². The zero-order valence-electron chi connectivity index (χ0n) is 11.3. The molecule has 108 valence electrons. The molecule has 2 rings (SSSR count). The van der Waals surface area contributed by atoms with Gasteiger partial charge in [0.2, 0.25) is 0 Å². The van der Waals surface area contributed by atoms with Gasteiger partial charge in [-0.15, -0.1) is 0 Å². The molecule has 1 aromatic rings. The van der Waals surface area contributed by atoms with E-state index in [0.717, 1.165) is 24.4 Å². The van der Waals surface area contributed by atoms with Crippen molar-refractivity contribution in [3.05, 3.63) is 17.5 Å². The monoisotopic (exact) mass is 287 g/mol. The molecule has 0 amide bonds. The van der Waals surface area contributed by atoms with Crippen molar-refractivity contribution in [3.8, 4) is 0 Å². The molecule has 2 atom stereocenters. The van der Waals surface area contributed by atoms with Crippen LogP contribution < -0.4 is 0 Å². The first-order valence-corrected chi connectivity index (χ1v) is 8.48. The van der Waals surface area contributed by atoms with Crippen LogP contribution in [0.15, 0.2) is 6.07 Å². The lowest BCUT2D eigenvalue weighted by Gasteiger charge is -2.14. The molecule has 0 spiro atoms. The number of rotatable bonds is 5. The summed E-state index contributed by atoms with van der Waals surface area (Å²) in [6.45, 7) is 3.71. The van der Waals surface area contributed by atoms with Gasteiger partial charge in [-0.05, 0) is 19.4 Å². The van der Waals surface area contributed by atoms with Gasteiger partial charge < -0.3 is 5.11 Å². The van der Waals surface area contributed by atoms with Crippen LogP contribution in [0, 0.1) is 12.8 Å². The first kappa shape index (κ1) is 14.5. The number of aliphatic hydroxyl groups is 1. The van der Waals surface area contributed by atoms with E-state index in [1.165, 1.54) is 6.26 Å². The van der Waals surface area contributed by atoms with Crippen molar-refractivity contribution in [2.45, 2.75) is 19.4 Å². The average molecular weight is 287 g/mol. The summed E-state index contributed by atoms with van der Waals surface area (Å²) in [4.78, 5) is 2.01. The molecule has 1 aromatic heterocycles. The summed E-state index contributed by atoms with van der Waals surface area (Å²) in [7, 11) is -2.94. The number of aryl methyl sites for hydroxylation is 1. The molecule has 19 heavy (non-hydrogen) atoms. The highest BCUT2D eigenvalue weighted by atomic mass is 32.2. The third-order valence-electron chi connectivity index (χ3n) is 3.49. The number of β-amino-alcohol motifs (C(OH)–C–C–N with tert-alkyl or cyclic N) is 1. The summed E-state index contributed by atoms with van der Waals surface area (Å²) in [5, 5.41) is 17.1. The molecular weight excluding hydrogens is 266 g/mol. The fourth-order valence-electron chi connectivity index (χ4n) is 2.47. The van der Waals surface area contributed by atoms with Crippen LogP contribution in [0.3, 0.4) is 0 Å². The first-order valence-electron chi connectivity index (χ1n) is 6.42. The number of hydrogen-bond donors (Lipinski definition) is 2. The third-order valence-corrected chi connectivity index (χ3v) is 4.41. The van der Waals surface area contributed by atoms with Gasteiger partial charge in [0, 0.05) is 37.5 Å². The Balaban J connectivity index is 1.87. The Morgan fingerprint density at radius 3 is 2.84 bits per heavy atom. The van der Waals surface area contributed by atoms with Crippen molar-refractivity contribution in [1.82, 2.24) is 15.1 Å². The van der Waals surface area contributed by atoms with Gasteiger partial charge in [0.15, 0.2) is 0 Å². The highest BCUT2D eigenvalue weighted by Gasteiger charge is 2.31. The summed E-state index contributed by atoms with van der Waals surface area (Å²) >= 11 is 0. The van der Waals surface area contributed by atoms with E-state index in [9.17, 15) is 13.5 Å². The van der Waals surface area contributed by atoms with Gasteiger partial charge in [0.25, 0.3) is 0 Å². The van der Waals surface area contributed by atoms with Crippen LogP contribution in [0.5, 0.6) is 0 Å². The van der Waals surface area contributed by atoms with Crippen molar-refractivity contribution in [2.24, 2.45) is 5.92 Å². The van der Waals surface area contributed by atoms with E-state index in [1.54, 1.807) is 0 Å². The van der Waals surface area contributed by atoms with Gasteiger partial charge in [-0.25, -0.2) is 8.42 Å². The molecule has 0 saturated carbocycles. The second kappa shape index (κ2) is 5.60. The largest absolute Gasteiger partial charge is 0.391 e. The standard InChI is InChI=1S/C12H21N3O3S/c1-9-5-11(14-13-9)6-10-7-15(8-12(10)16)3-4-19(2,17)18/h5,10,12,16H,3-4,6-8H2,1-2H3,(H,13,14)/t10-,12-/m1/s1. The van der Waals surface area contributed by atoms with Crippen LogP contribution in [-0.2, 0) is 16.3 Å². The summed E-state index contributed by atoms with van der Waals surface area (Å²) in [5.41, 5.74) is 1.96. The number of aromatic amines is 1. The quantitative estimate of drug-likeness (QED) is 0.769. The number of H-pyrrole nitrogens is 1. The Morgan fingerprint density at radius 2 is 2.26 bits per heavy atom. The van der Waals surface area contributed by atoms with Crippen molar-refractivity contribution in [2.75, 3.05) is 31.6 Å². The molecule has 1 aliphatic heterocycles. The zero-order valence-corrected chi connectivity index (χ0v) is 12.2. The lowest BCUT2D eigenvalue weighted by atomic mass is 10.0. The lowest BCUT2D eigenvalue weighted by Crippen LogP contribution is -2.27. The predicted octanol–water partition coefficient (Wildman–Crippen LogP) is -0.402. The van der Waals surface area contributed by atoms with Crippen LogP contribution >= 0.6 is 0 Å². The minimum Gasteiger partial charge on any atom is -0.391 e. The van der Waals surface area contributed by atoms with Crippen LogP contribution in [0.2, 0.25) is 0 Å². The summed E-state index contributed by atoms with van der Waals surface area (Å²) < 4.78 is 22.3. The fourth-order valence-corrected chi connectivity index (χ4v) is 3.06. The smallest absolute Gasteiger partial charge is 0.148 e. The summed E-state index contributed by atoms with van der Waals surface area (Å²) in [6, 6.07) is 1.98. The molecule has 0 radical (unpaired) electrons. The van der Waals surface area contributed by atoms with Crippen molar-refractivity contribution in [3.63, 3.8) is 0 Å². The van der Waals surface area contributed by atoms with Gasteiger partial charge in [0.1, 0.15) is 9.84 Å². The van der Waals surface area contributed by atoms with E-state index in [2.05, 4.69) is 10.2 Å². The molecule has 0 bridgehead atoms. The Bertz CT molecular complexity index is 526. The SMILES string of the molecule is Cc1cc(C[C@@H]2CN(CCS(C)(=O)=O)C[C@H]2O)n[nH]1. The van der Waals surface area contributed by atoms with Gasteiger partial charge in [-0.3, -0.25) is 10.00 Å². The molecule has 1 fully saturated rings. The topological polar surface area (TPSA) is 86.3 Å². The highest BCUT2D eigenvalue weighted by Crippen LogP contribution is 2.20. The normalized spacial score (nSPS) is 25.0. The van der Waals surface area contributed by atoms with Gasteiger partial charge in [0.05, 0.1) is 17.6 Å². The van der Waals surface area contributed by atoms with Crippen molar-refractivity contribution >= 4 is 9.84 Å². The minimum absolute atomic E-state index is 0.127. The second-order valence-electron chi connectivity index (χ2n) is 5.46. The number of hydrogen-bond acceptors (Lipinski definition) is 5. The molecule has 0 aromatic carbocycles. The maximum atomic E-state index is 11.1. The van der Waals surface area contributed by atoms with E-state index in [4.69, 9.17) is 0 Å². The number of nitrogens with zero attached hydrogens (tertiary/aromatic N) is 2. The Kier molecular flexibility index (Phi) is 4.27. The second-order valence-corrected chi connectivity index (χ2v) is 7.72. The van der Waals surface area contributed by atoms with Gasteiger partial charge in [-0.1, -0.05) is 0 Å². The summed E-state index contributed by atoms with van der Waals surface area (Å²) in [6.07, 6.45) is 1.56. The van der Waals surface area contributed by atoms with E-state index >= 15 is 0 Å². The number of aliphatic hydroxyl groups excluding tert-OH is 1. The molecule has 0 aliphatic carbocycles. The van der Waals surface area contributed by atoms with Crippen LogP contribution in [0.4, 0.5) is 0 Å². The van der Waals surface area contributed by atoms with Gasteiger partial charge in [-0.2, -0.15) is 5.10 Å². The number of nitrogens with one attached hydrogen (secondary N) is 1. The molecule has 1 aliphatic rings. The maximum absolute atomic E-state index is 11.1. The summed E-state index contributed by atoms with van der Waals surface area (Å²) in [5.74, 6) is 0.274. The molecule has 0 unspecified atom stereocenters. The first-order chi connectivity index (χ1) is 8.83. The van der Waals surface area contributed by atoms with Crippen molar-refractivity contribution in [1.29, 1.82) is 0 Å². The van der Waals surface area contributed by atoms with E-state index in [-0.39, 0.29) is 11.7 Å². The molecule has 7 heteroatoms. The van der Waals surface area contributed by atoms with E-state index in [0.29, 0.717) is 13.1 Å². The average Bonchev–Trinajstić information content (AvgIpc) is 2.83. The molecule has 2 heterocycles. The molecule has 1 saturated heterocycles. The van der Waals surface area contributed by atoms with Crippen molar-refractivity contribution < 1.29 is 13.5 Å². The minimum atomic E-state index is -2.94. The molecule has 6 nitrogen and oxygen atoms in total. The predicted molar refractivity (Wildman–Crippen MR) is 72.7 cm³/mol. The zero-order chi connectivity index (χ0) is 14.0. The Labute approximate surface area is 113 Å². The number of likely N-dealkylation sites (tertiary alicyclic amines) is 1. The Morgan fingerprint density at radius 1 is 1.53 bits per heavy atom. The van der Waals surface area contributed by atoms with E-state index in [1.807, 2.05) is 17.9 Å². The maximum Gasteiger partial charge on any atom is 0.148 e. The highest BCUT2D eigenvalue weighted by molar-refractivity contribution is 7.90. The van der Waals surface area contributed by atoms with Crippen LogP contribution in [0.25, 0.3) is 0 Å². The number of aromatic nitrogens is 2. The Hall–Kier alpha value is -0.920. The fraction of sp³-hybridized carbons (Fsp3) is 0.750. The number of sulfone groups is 1. The molecular formula is C12H21N3O3S. The third kappa shape index (κ3) is 4.29. The molecule has 2 N–H and O–H groups in total. The lowest BCUT2D eigenvalue weighted by molar-refractivity contribution is 0.141. The van der Waals surface area contributed by atoms with E-state index < -0.39 is 15.9 Å².